The highest BCUT2D eigenvalue weighted by Gasteiger charge is 2.39. The Morgan fingerprint density at radius 1 is 0.781 bits per heavy atom. The molecule has 0 N–H and O–H groups in total. The van der Waals surface area contributed by atoms with Crippen molar-refractivity contribution in [1.82, 2.24) is 5.06 Å². The maximum Gasteiger partial charge on any atom is 0.338 e. The molecular weight excluding hydrogens is 410 g/mol. The molecule has 0 aliphatic carbocycles. The minimum atomic E-state index is -0.776. The van der Waals surface area contributed by atoms with E-state index in [1.54, 1.807) is 0 Å². The van der Waals surface area contributed by atoms with Crippen LogP contribution < -0.4 is 0 Å². The zero-order valence-corrected chi connectivity index (χ0v) is 19.3. The van der Waals surface area contributed by atoms with Crippen LogP contribution in [-0.2, 0) is 14.4 Å². The maximum absolute atomic E-state index is 12.3. The fraction of sp³-hybridized carbons (Fsp3) is 0.600. The van der Waals surface area contributed by atoms with Crippen LogP contribution in [0.15, 0.2) is 18.2 Å². The quantitative estimate of drug-likeness (QED) is 0.198. The number of nitrogens with zero attached hydrogens (tertiary/aromatic N) is 1. The third-order valence-electron chi connectivity index (χ3n) is 5.54. The van der Waals surface area contributed by atoms with Gasteiger partial charge in [0, 0.05) is 6.92 Å². The summed E-state index contributed by atoms with van der Waals surface area (Å²) < 4.78 is 5.30. The number of carbonyl (C=O) groups is 4. The number of rotatable bonds is 15. The first-order chi connectivity index (χ1) is 15.5. The SMILES string of the molecule is CCCCCCCCCCCCCCOC(=O)c1ccc2c(c1)C(=O)N(OC(C)=O)C2=O. The second-order valence-corrected chi connectivity index (χ2v) is 8.27. The minimum Gasteiger partial charge on any atom is -0.462 e. The first kappa shape index (κ1) is 25.6. The molecule has 32 heavy (non-hydrogen) atoms. The van der Waals surface area contributed by atoms with E-state index < -0.39 is 23.8 Å². The lowest BCUT2D eigenvalue weighted by atomic mass is 10.1. The number of fused-ring (bicyclic) bond motifs is 1. The van der Waals surface area contributed by atoms with E-state index in [2.05, 4.69) is 11.8 Å². The summed E-state index contributed by atoms with van der Waals surface area (Å²) in [6, 6.07) is 4.12. The molecule has 1 aromatic rings. The highest BCUT2D eigenvalue weighted by molar-refractivity contribution is 6.21. The van der Waals surface area contributed by atoms with Crippen molar-refractivity contribution in [3.63, 3.8) is 0 Å². The van der Waals surface area contributed by atoms with E-state index in [-0.39, 0.29) is 16.7 Å². The average Bonchev–Trinajstić information content (AvgIpc) is 3.00. The van der Waals surface area contributed by atoms with Gasteiger partial charge in [-0.3, -0.25) is 9.59 Å². The van der Waals surface area contributed by atoms with Crippen LogP contribution in [0.25, 0.3) is 0 Å². The first-order valence-corrected chi connectivity index (χ1v) is 11.8. The maximum atomic E-state index is 12.3. The Hall–Kier alpha value is -2.70. The summed E-state index contributed by atoms with van der Waals surface area (Å²) in [6.07, 6.45) is 14.8. The lowest BCUT2D eigenvalue weighted by Crippen LogP contribution is -2.31. The van der Waals surface area contributed by atoms with Crippen molar-refractivity contribution in [1.29, 1.82) is 0 Å². The van der Waals surface area contributed by atoms with Crippen molar-refractivity contribution >= 4 is 23.8 Å². The van der Waals surface area contributed by atoms with Crippen molar-refractivity contribution in [2.24, 2.45) is 0 Å². The topological polar surface area (TPSA) is 90.0 Å². The number of amides is 2. The van der Waals surface area contributed by atoms with E-state index in [4.69, 9.17) is 4.74 Å². The number of hydrogen-bond acceptors (Lipinski definition) is 6. The molecule has 7 nitrogen and oxygen atoms in total. The highest BCUT2D eigenvalue weighted by Crippen LogP contribution is 2.24. The second-order valence-electron chi connectivity index (χ2n) is 8.27. The summed E-state index contributed by atoms with van der Waals surface area (Å²) in [4.78, 5) is 52.4. The summed E-state index contributed by atoms with van der Waals surface area (Å²) in [5.74, 6) is -2.81. The Morgan fingerprint density at radius 2 is 1.31 bits per heavy atom. The first-order valence-electron chi connectivity index (χ1n) is 11.8. The lowest BCUT2D eigenvalue weighted by molar-refractivity contribution is -0.165. The van der Waals surface area contributed by atoms with Gasteiger partial charge in [0.15, 0.2) is 0 Å². The van der Waals surface area contributed by atoms with Gasteiger partial charge in [-0.2, -0.15) is 0 Å². The zero-order valence-electron chi connectivity index (χ0n) is 19.3. The Morgan fingerprint density at radius 3 is 1.88 bits per heavy atom. The molecule has 176 valence electrons. The highest BCUT2D eigenvalue weighted by atomic mass is 16.7. The van der Waals surface area contributed by atoms with Crippen molar-refractivity contribution in [2.75, 3.05) is 6.61 Å². The predicted molar refractivity (Wildman–Crippen MR) is 120 cm³/mol. The van der Waals surface area contributed by atoms with Gasteiger partial charge in [-0.15, -0.1) is 0 Å². The fourth-order valence-electron chi connectivity index (χ4n) is 3.75. The molecule has 2 amide bonds. The van der Waals surface area contributed by atoms with Crippen LogP contribution in [0, 0.1) is 0 Å². The Kier molecular flexibility index (Phi) is 10.9. The third-order valence-corrected chi connectivity index (χ3v) is 5.54. The molecular formula is C25H35NO6. The van der Waals surface area contributed by atoms with Crippen molar-refractivity contribution in [2.45, 2.75) is 90.9 Å². The van der Waals surface area contributed by atoms with E-state index in [0.717, 1.165) is 26.2 Å². The third kappa shape index (κ3) is 7.77. The molecule has 0 spiro atoms. The van der Waals surface area contributed by atoms with Gasteiger partial charge in [0.25, 0.3) is 11.8 Å². The van der Waals surface area contributed by atoms with Gasteiger partial charge in [0.05, 0.1) is 23.3 Å². The monoisotopic (exact) mass is 445 g/mol. The van der Waals surface area contributed by atoms with Gasteiger partial charge in [-0.1, -0.05) is 82.6 Å². The molecule has 1 aliphatic heterocycles. The number of esters is 1. The van der Waals surface area contributed by atoms with Crippen LogP contribution in [0.3, 0.4) is 0 Å². The number of carbonyl (C=O) groups excluding carboxylic acids is 4. The summed E-state index contributed by atoms with van der Waals surface area (Å²) in [6.45, 7) is 3.66. The Labute approximate surface area is 190 Å². The predicted octanol–water partition coefficient (Wildman–Crippen LogP) is 5.62. The second kappa shape index (κ2) is 13.7. The van der Waals surface area contributed by atoms with Gasteiger partial charge in [-0.25, -0.2) is 9.59 Å². The smallest absolute Gasteiger partial charge is 0.338 e. The van der Waals surface area contributed by atoms with Gasteiger partial charge >= 0.3 is 11.9 Å². The van der Waals surface area contributed by atoms with E-state index in [1.807, 2.05) is 0 Å². The van der Waals surface area contributed by atoms with E-state index in [1.165, 1.54) is 76.0 Å². The van der Waals surface area contributed by atoms with E-state index in [9.17, 15) is 19.2 Å². The molecule has 2 rings (SSSR count). The molecule has 0 saturated carbocycles. The van der Waals surface area contributed by atoms with Crippen molar-refractivity contribution < 1.29 is 28.8 Å². The summed E-state index contributed by atoms with van der Waals surface area (Å²) in [7, 11) is 0. The van der Waals surface area contributed by atoms with Crippen LogP contribution in [0.2, 0.25) is 0 Å². The van der Waals surface area contributed by atoms with Gasteiger partial charge in [-0.05, 0) is 24.6 Å². The van der Waals surface area contributed by atoms with Crippen molar-refractivity contribution in [3.8, 4) is 0 Å². The number of imide groups is 1. The minimum absolute atomic E-state index is 0.0241. The fourth-order valence-corrected chi connectivity index (χ4v) is 3.75. The van der Waals surface area contributed by atoms with E-state index >= 15 is 0 Å². The molecule has 1 heterocycles. The molecule has 1 aliphatic rings. The van der Waals surface area contributed by atoms with Crippen LogP contribution in [0.5, 0.6) is 0 Å². The van der Waals surface area contributed by atoms with Gasteiger partial charge in [0.1, 0.15) is 0 Å². The largest absolute Gasteiger partial charge is 0.462 e. The number of unbranched alkanes of at least 4 members (excludes halogenated alkanes) is 11. The summed E-state index contributed by atoms with van der Waals surface area (Å²) in [5.41, 5.74) is 0.304. The van der Waals surface area contributed by atoms with Crippen LogP contribution in [0.4, 0.5) is 0 Å². The normalized spacial score (nSPS) is 12.8. The lowest BCUT2D eigenvalue weighted by Gasteiger charge is -2.10. The summed E-state index contributed by atoms with van der Waals surface area (Å²) in [5, 5.41) is 0.411. The van der Waals surface area contributed by atoms with Crippen LogP contribution in [-0.4, -0.2) is 35.4 Å². The van der Waals surface area contributed by atoms with Gasteiger partial charge < -0.3 is 9.57 Å². The van der Waals surface area contributed by atoms with Crippen molar-refractivity contribution in [3.05, 3.63) is 34.9 Å². The van der Waals surface area contributed by atoms with E-state index in [0.29, 0.717) is 11.7 Å². The zero-order chi connectivity index (χ0) is 23.3. The number of hydrogen-bond donors (Lipinski definition) is 0. The van der Waals surface area contributed by atoms with Crippen LogP contribution in [0.1, 0.15) is 122 Å². The van der Waals surface area contributed by atoms with Crippen LogP contribution >= 0.6 is 0 Å². The number of hydroxylamine groups is 2. The molecule has 7 heteroatoms. The Balaban J connectivity index is 1.62. The molecule has 0 saturated heterocycles. The number of benzene rings is 1. The van der Waals surface area contributed by atoms with Gasteiger partial charge in [0.2, 0.25) is 0 Å². The molecule has 0 radical (unpaired) electrons. The molecule has 0 fully saturated rings. The molecule has 0 unspecified atom stereocenters. The summed E-state index contributed by atoms with van der Waals surface area (Å²) >= 11 is 0. The standard InChI is InChI=1S/C25H35NO6/c1-3-4-5-6-7-8-9-10-11-12-13-14-17-31-25(30)20-15-16-21-22(18-20)24(29)26(23(21)28)32-19(2)27/h15-16,18H,3-14,17H2,1-2H3. The number of ether oxygens (including phenoxy) is 1. The Bertz CT molecular complexity index is 804. The molecule has 0 aromatic heterocycles. The average molecular weight is 446 g/mol. The molecule has 0 bridgehead atoms. The molecule has 0 atom stereocenters. The molecule has 1 aromatic carbocycles.